The van der Waals surface area contributed by atoms with Crippen molar-refractivity contribution < 1.29 is 9.26 Å². The first-order valence-electron chi connectivity index (χ1n) is 6.52. The van der Waals surface area contributed by atoms with Crippen LogP contribution in [-0.4, -0.2) is 22.3 Å². The fourth-order valence-corrected chi connectivity index (χ4v) is 2.89. The molecule has 2 saturated heterocycles. The molecule has 5 heteroatoms. The third kappa shape index (κ3) is 1.98. The van der Waals surface area contributed by atoms with Crippen molar-refractivity contribution >= 4 is 0 Å². The molecule has 3 heterocycles. The third-order valence-corrected chi connectivity index (χ3v) is 3.81. The van der Waals surface area contributed by atoms with Gasteiger partial charge in [-0.2, -0.15) is 4.98 Å². The molecule has 4 atom stereocenters. The van der Waals surface area contributed by atoms with Gasteiger partial charge in [0.2, 0.25) is 5.89 Å². The van der Waals surface area contributed by atoms with Crippen LogP contribution in [0, 0.1) is 0 Å². The molecule has 1 aromatic heterocycles. The van der Waals surface area contributed by atoms with Gasteiger partial charge in [0.1, 0.15) is 0 Å². The Kier molecular flexibility index (Phi) is 2.88. The van der Waals surface area contributed by atoms with Gasteiger partial charge in [-0.25, -0.2) is 0 Å². The second-order valence-corrected chi connectivity index (χ2v) is 5.10. The van der Waals surface area contributed by atoms with Crippen LogP contribution in [0.15, 0.2) is 4.52 Å². The number of hydrogen-bond acceptors (Lipinski definition) is 5. The van der Waals surface area contributed by atoms with Crippen LogP contribution in [0.1, 0.15) is 62.7 Å². The van der Waals surface area contributed by atoms with Crippen LogP contribution >= 0.6 is 0 Å². The van der Waals surface area contributed by atoms with Gasteiger partial charge < -0.3 is 15.0 Å². The summed E-state index contributed by atoms with van der Waals surface area (Å²) in [6.07, 6.45) is 5.96. The molecule has 2 aliphatic rings. The number of aromatic nitrogens is 2. The van der Waals surface area contributed by atoms with E-state index in [0.29, 0.717) is 24.0 Å². The Morgan fingerprint density at radius 2 is 2.35 bits per heavy atom. The highest BCUT2D eigenvalue weighted by atomic mass is 16.5. The van der Waals surface area contributed by atoms with Crippen molar-refractivity contribution in [2.75, 3.05) is 0 Å². The molecule has 3 rings (SSSR count). The highest BCUT2D eigenvalue weighted by Crippen LogP contribution is 2.43. The average molecular weight is 237 g/mol. The van der Waals surface area contributed by atoms with Crippen molar-refractivity contribution in [2.45, 2.75) is 63.2 Å². The van der Waals surface area contributed by atoms with Gasteiger partial charge in [0.05, 0.1) is 24.2 Å². The molecule has 0 radical (unpaired) electrons. The van der Waals surface area contributed by atoms with E-state index in [2.05, 4.69) is 17.1 Å². The molecule has 94 valence electrons. The lowest BCUT2D eigenvalue weighted by molar-refractivity contribution is 0.0996. The third-order valence-electron chi connectivity index (χ3n) is 3.81. The maximum Gasteiger partial charge on any atom is 0.243 e. The smallest absolute Gasteiger partial charge is 0.243 e. The molecule has 0 spiro atoms. The molecule has 2 bridgehead atoms. The number of fused-ring (bicyclic) bond motifs is 2. The number of hydrogen-bond donors (Lipinski definition) is 1. The van der Waals surface area contributed by atoms with E-state index in [-0.39, 0.29) is 6.04 Å². The molecule has 2 aliphatic heterocycles. The van der Waals surface area contributed by atoms with E-state index in [1.807, 2.05) is 0 Å². The number of rotatable bonds is 4. The average Bonchev–Trinajstić information content (AvgIpc) is 3.05. The van der Waals surface area contributed by atoms with Crippen molar-refractivity contribution in [2.24, 2.45) is 5.73 Å². The molecular formula is C12H19N3O2. The van der Waals surface area contributed by atoms with E-state index in [0.717, 1.165) is 31.5 Å². The lowest BCUT2D eigenvalue weighted by Gasteiger charge is -2.13. The van der Waals surface area contributed by atoms with Gasteiger partial charge in [-0.05, 0) is 25.7 Å². The topological polar surface area (TPSA) is 74.2 Å². The van der Waals surface area contributed by atoms with Crippen molar-refractivity contribution in [3.63, 3.8) is 0 Å². The van der Waals surface area contributed by atoms with Gasteiger partial charge >= 0.3 is 0 Å². The van der Waals surface area contributed by atoms with Crippen LogP contribution in [0.2, 0.25) is 0 Å². The van der Waals surface area contributed by atoms with Crippen molar-refractivity contribution in [3.05, 3.63) is 11.7 Å². The summed E-state index contributed by atoms with van der Waals surface area (Å²) in [6, 6.07) is -0.124. The Morgan fingerprint density at radius 1 is 1.47 bits per heavy atom. The Balaban J connectivity index is 1.72. The molecule has 2 N–H and O–H groups in total. The Hall–Kier alpha value is -0.940. The zero-order chi connectivity index (χ0) is 11.8. The van der Waals surface area contributed by atoms with E-state index >= 15 is 0 Å². The second-order valence-electron chi connectivity index (χ2n) is 5.10. The maximum absolute atomic E-state index is 5.97. The standard InChI is InChI=1S/C12H19N3O2/c1-2-3-9(13)12-14-11(15-17-12)8-6-7-4-5-10(8)16-7/h7-10H,2-6,13H2,1H3. The van der Waals surface area contributed by atoms with Crippen LogP contribution in [0.5, 0.6) is 0 Å². The zero-order valence-corrected chi connectivity index (χ0v) is 10.1. The quantitative estimate of drug-likeness (QED) is 0.865. The molecule has 0 saturated carbocycles. The summed E-state index contributed by atoms with van der Waals surface area (Å²) in [5.74, 6) is 1.68. The van der Waals surface area contributed by atoms with Crippen LogP contribution < -0.4 is 5.73 Å². The summed E-state index contributed by atoms with van der Waals surface area (Å²) in [7, 11) is 0. The van der Waals surface area contributed by atoms with Gasteiger partial charge in [0.25, 0.3) is 0 Å². The fraction of sp³-hybridized carbons (Fsp3) is 0.833. The van der Waals surface area contributed by atoms with Crippen molar-refractivity contribution in [3.8, 4) is 0 Å². The van der Waals surface area contributed by atoms with Gasteiger partial charge in [-0.15, -0.1) is 0 Å². The maximum atomic E-state index is 5.97. The summed E-state index contributed by atoms with van der Waals surface area (Å²) in [6.45, 7) is 2.10. The highest BCUT2D eigenvalue weighted by Gasteiger charge is 2.43. The van der Waals surface area contributed by atoms with Gasteiger partial charge in [-0.1, -0.05) is 18.5 Å². The fourth-order valence-electron chi connectivity index (χ4n) is 2.89. The summed E-state index contributed by atoms with van der Waals surface area (Å²) >= 11 is 0. The molecular weight excluding hydrogens is 218 g/mol. The van der Waals surface area contributed by atoms with E-state index in [4.69, 9.17) is 15.0 Å². The molecule has 17 heavy (non-hydrogen) atoms. The monoisotopic (exact) mass is 237 g/mol. The molecule has 0 amide bonds. The Bertz CT molecular complexity index is 393. The number of nitrogens with two attached hydrogens (primary N) is 1. The lowest BCUT2D eigenvalue weighted by atomic mass is 9.89. The summed E-state index contributed by atoms with van der Waals surface area (Å²) in [4.78, 5) is 4.45. The highest BCUT2D eigenvalue weighted by molar-refractivity contribution is 5.07. The first kappa shape index (κ1) is 11.2. The summed E-state index contributed by atoms with van der Waals surface area (Å²) in [5.41, 5.74) is 5.97. The van der Waals surface area contributed by atoms with Crippen molar-refractivity contribution in [1.29, 1.82) is 0 Å². The minimum absolute atomic E-state index is 0.124. The molecule has 0 aromatic carbocycles. The lowest BCUT2D eigenvalue weighted by Crippen LogP contribution is -2.16. The van der Waals surface area contributed by atoms with E-state index in [9.17, 15) is 0 Å². The minimum Gasteiger partial charge on any atom is -0.374 e. The molecule has 4 unspecified atom stereocenters. The van der Waals surface area contributed by atoms with Gasteiger partial charge in [0, 0.05) is 0 Å². The summed E-state index contributed by atoms with van der Waals surface area (Å²) in [5, 5.41) is 4.07. The predicted molar refractivity (Wildman–Crippen MR) is 61.4 cm³/mol. The normalized spacial score (nSPS) is 33.2. The van der Waals surface area contributed by atoms with Crippen LogP contribution in [0.25, 0.3) is 0 Å². The van der Waals surface area contributed by atoms with E-state index < -0.39 is 0 Å². The van der Waals surface area contributed by atoms with Crippen LogP contribution in [0.3, 0.4) is 0 Å². The van der Waals surface area contributed by atoms with E-state index in [1.165, 1.54) is 6.42 Å². The zero-order valence-electron chi connectivity index (χ0n) is 10.1. The van der Waals surface area contributed by atoms with Crippen molar-refractivity contribution in [1.82, 2.24) is 10.1 Å². The summed E-state index contributed by atoms with van der Waals surface area (Å²) < 4.78 is 11.1. The SMILES string of the molecule is CCCC(N)c1nc(C2CC3CCC2O3)no1. The molecule has 0 aliphatic carbocycles. The Labute approximate surface area is 101 Å². The molecule has 1 aromatic rings. The minimum atomic E-state index is -0.124. The predicted octanol–water partition coefficient (Wildman–Crippen LogP) is 1.90. The largest absolute Gasteiger partial charge is 0.374 e. The van der Waals surface area contributed by atoms with Crippen LogP contribution in [-0.2, 0) is 4.74 Å². The molecule has 2 fully saturated rings. The number of ether oxygens (including phenoxy) is 1. The Morgan fingerprint density at radius 3 is 3.00 bits per heavy atom. The second kappa shape index (κ2) is 4.38. The van der Waals surface area contributed by atoms with Gasteiger partial charge in [-0.3, -0.25) is 0 Å². The first-order chi connectivity index (χ1) is 8.28. The molecule has 5 nitrogen and oxygen atoms in total. The van der Waals surface area contributed by atoms with Crippen LogP contribution in [0.4, 0.5) is 0 Å². The van der Waals surface area contributed by atoms with E-state index in [1.54, 1.807) is 0 Å². The first-order valence-corrected chi connectivity index (χ1v) is 6.52. The number of nitrogens with zero attached hydrogens (tertiary/aromatic N) is 2. The van der Waals surface area contributed by atoms with Gasteiger partial charge in [0.15, 0.2) is 5.82 Å².